The second kappa shape index (κ2) is 8.65. The fourth-order valence-electron chi connectivity index (χ4n) is 3.08. The molecule has 3 N–H and O–H groups in total. The summed E-state index contributed by atoms with van der Waals surface area (Å²) in [6.45, 7) is 0.672. The van der Waals surface area contributed by atoms with Crippen LogP contribution in [0.2, 0.25) is 0 Å². The molecule has 0 aliphatic heterocycles. The van der Waals surface area contributed by atoms with E-state index >= 15 is 0 Å². The molecule has 0 spiro atoms. The van der Waals surface area contributed by atoms with E-state index in [0.717, 1.165) is 29.3 Å². The van der Waals surface area contributed by atoms with Gasteiger partial charge in [-0.3, -0.25) is 10.1 Å². The van der Waals surface area contributed by atoms with Gasteiger partial charge in [0.25, 0.3) is 0 Å². The minimum atomic E-state index is -0.00407. The largest absolute Gasteiger partial charge is 0.327 e. The van der Waals surface area contributed by atoms with Gasteiger partial charge in [0.15, 0.2) is 0 Å². The van der Waals surface area contributed by atoms with Crippen LogP contribution in [-0.4, -0.2) is 21.5 Å². The summed E-state index contributed by atoms with van der Waals surface area (Å²) in [4.78, 5) is 16.5. The quantitative estimate of drug-likeness (QED) is 0.787. The van der Waals surface area contributed by atoms with Crippen molar-refractivity contribution in [1.29, 1.82) is 0 Å². The van der Waals surface area contributed by atoms with Crippen LogP contribution in [0.3, 0.4) is 0 Å². The molecule has 2 aromatic rings. The van der Waals surface area contributed by atoms with Gasteiger partial charge in [-0.1, -0.05) is 34.5 Å². The number of carbonyl (C=O) groups is 1. The Morgan fingerprint density at radius 1 is 1.33 bits per heavy atom. The number of nitrogens with one attached hydrogen (secondary N) is 1. The van der Waals surface area contributed by atoms with Crippen LogP contribution in [0.4, 0.5) is 5.95 Å². The summed E-state index contributed by atoms with van der Waals surface area (Å²) >= 11 is 3.43. The molecule has 7 heteroatoms. The van der Waals surface area contributed by atoms with Crippen molar-refractivity contribution >= 4 is 40.2 Å². The number of hydrogen-bond donors (Lipinski definition) is 2. The van der Waals surface area contributed by atoms with Gasteiger partial charge in [0.1, 0.15) is 0 Å². The van der Waals surface area contributed by atoms with E-state index in [9.17, 15) is 4.79 Å². The second-order valence-corrected chi connectivity index (χ2v) is 7.03. The zero-order valence-electron chi connectivity index (χ0n) is 13.3. The van der Waals surface area contributed by atoms with Gasteiger partial charge in [0.05, 0.1) is 6.54 Å². The predicted octanol–water partition coefficient (Wildman–Crippen LogP) is 3.57. The van der Waals surface area contributed by atoms with Gasteiger partial charge in [0.2, 0.25) is 11.9 Å². The van der Waals surface area contributed by atoms with E-state index in [-0.39, 0.29) is 24.4 Å². The minimum Gasteiger partial charge on any atom is -0.327 e. The first-order valence-electron chi connectivity index (χ1n) is 7.93. The van der Waals surface area contributed by atoms with E-state index in [4.69, 9.17) is 5.73 Å². The Balaban J connectivity index is 0.00000208. The highest BCUT2D eigenvalue weighted by atomic mass is 79.9. The Bertz CT molecular complexity index is 673. The van der Waals surface area contributed by atoms with E-state index in [0.29, 0.717) is 24.8 Å². The van der Waals surface area contributed by atoms with Gasteiger partial charge < -0.3 is 10.3 Å². The highest BCUT2D eigenvalue weighted by Gasteiger charge is 2.26. The molecular weight excluding hydrogens is 392 g/mol. The first-order chi connectivity index (χ1) is 11.1. The second-order valence-electron chi connectivity index (χ2n) is 6.11. The maximum absolute atomic E-state index is 12.2. The molecular formula is C17H22BrClN4O. The summed E-state index contributed by atoms with van der Waals surface area (Å²) in [6.07, 6.45) is 7.25. The van der Waals surface area contributed by atoms with Crippen LogP contribution in [0.5, 0.6) is 0 Å². The number of nitrogens with zero attached hydrogens (tertiary/aromatic N) is 2. The lowest BCUT2D eigenvalue weighted by Crippen LogP contribution is -2.28. The first kappa shape index (κ1) is 19.0. The molecule has 1 saturated carbocycles. The number of halogens is 2. The van der Waals surface area contributed by atoms with E-state index in [1.807, 2.05) is 35.0 Å². The number of hydrogen-bond acceptors (Lipinski definition) is 3. The third-order valence-electron chi connectivity index (χ3n) is 4.40. The van der Waals surface area contributed by atoms with Gasteiger partial charge in [-0.25, -0.2) is 4.98 Å². The lowest BCUT2D eigenvalue weighted by molar-refractivity contribution is -0.117. The number of imidazole rings is 1. The monoisotopic (exact) mass is 412 g/mol. The number of rotatable bonds is 5. The van der Waals surface area contributed by atoms with Gasteiger partial charge in [0, 0.05) is 29.3 Å². The van der Waals surface area contributed by atoms with E-state index in [2.05, 4.69) is 26.2 Å². The van der Waals surface area contributed by atoms with Crippen LogP contribution < -0.4 is 11.1 Å². The Labute approximate surface area is 156 Å². The summed E-state index contributed by atoms with van der Waals surface area (Å²) < 4.78 is 2.99. The molecule has 2 atom stereocenters. The molecule has 1 fully saturated rings. The highest BCUT2D eigenvalue weighted by molar-refractivity contribution is 9.10. The molecule has 3 rings (SSSR count). The molecule has 1 aliphatic carbocycles. The maximum Gasteiger partial charge on any atom is 0.227 e. The van der Waals surface area contributed by atoms with Gasteiger partial charge >= 0.3 is 0 Å². The summed E-state index contributed by atoms with van der Waals surface area (Å²) in [7, 11) is 0. The average molecular weight is 414 g/mol. The Morgan fingerprint density at radius 2 is 2.08 bits per heavy atom. The third-order valence-corrected chi connectivity index (χ3v) is 4.93. The smallest absolute Gasteiger partial charge is 0.227 e. The summed E-state index contributed by atoms with van der Waals surface area (Å²) in [5, 5.41) is 2.92. The number of aromatic nitrogens is 2. The van der Waals surface area contributed by atoms with Crippen molar-refractivity contribution in [2.75, 3.05) is 5.32 Å². The lowest BCUT2D eigenvalue weighted by Gasteiger charge is -2.15. The van der Waals surface area contributed by atoms with Crippen LogP contribution in [0.25, 0.3) is 0 Å². The molecule has 1 heterocycles. The molecule has 1 aromatic carbocycles. The zero-order chi connectivity index (χ0) is 16.2. The van der Waals surface area contributed by atoms with Crippen molar-refractivity contribution in [3.8, 4) is 0 Å². The highest BCUT2D eigenvalue weighted by Crippen LogP contribution is 2.27. The number of benzene rings is 1. The number of anilines is 1. The Morgan fingerprint density at radius 3 is 2.75 bits per heavy atom. The molecule has 5 nitrogen and oxygen atoms in total. The van der Waals surface area contributed by atoms with Crippen LogP contribution in [0.15, 0.2) is 41.1 Å². The SMILES string of the molecule is Cl.N[C@@H]1CCC[C@H]1CC(=O)Nc1nccn1Cc1ccc(Br)cc1. The predicted molar refractivity (Wildman–Crippen MR) is 101 cm³/mol. The van der Waals surface area contributed by atoms with Crippen molar-refractivity contribution < 1.29 is 4.79 Å². The molecule has 1 amide bonds. The van der Waals surface area contributed by atoms with Crippen LogP contribution >= 0.6 is 28.3 Å². The number of amides is 1. The fraction of sp³-hybridized carbons (Fsp3) is 0.412. The third kappa shape index (κ3) is 4.82. The maximum atomic E-state index is 12.2. The summed E-state index contributed by atoms with van der Waals surface area (Å²) in [6, 6.07) is 8.27. The van der Waals surface area contributed by atoms with E-state index in [1.165, 1.54) is 0 Å². The van der Waals surface area contributed by atoms with Crippen LogP contribution in [0, 0.1) is 5.92 Å². The number of nitrogens with two attached hydrogens (primary N) is 1. The molecule has 1 aromatic heterocycles. The van der Waals surface area contributed by atoms with Gasteiger partial charge in [-0.2, -0.15) is 0 Å². The molecule has 0 radical (unpaired) electrons. The fourth-order valence-corrected chi connectivity index (χ4v) is 3.34. The van der Waals surface area contributed by atoms with E-state index < -0.39 is 0 Å². The summed E-state index contributed by atoms with van der Waals surface area (Å²) in [5.41, 5.74) is 7.19. The normalized spacial score (nSPS) is 19.8. The Hall–Kier alpha value is -1.37. The molecule has 0 bridgehead atoms. The number of carbonyl (C=O) groups excluding carboxylic acids is 1. The zero-order valence-corrected chi connectivity index (χ0v) is 15.7. The summed E-state index contributed by atoms with van der Waals surface area (Å²) in [5.74, 6) is 0.880. The molecule has 0 unspecified atom stereocenters. The minimum absolute atomic E-state index is 0. The first-order valence-corrected chi connectivity index (χ1v) is 8.72. The van der Waals surface area contributed by atoms with Crippen molar-refractivity contribution in [3.05, 3.63) is 46.7 Å². The van der Waals surface area contributed by atoms with Gasteiger partial charge in [-0.15, -0.1) is 12.4 Å². The molecule has 0 saturated heterocycles. The van der Waals surface area contributed by atoms with E-state index in [1.54, 1.807) is 6.20 Å². The van der Waals surface area contributed by atoms with Crippen LogP contribution in [0.1, 0.15) is 31.2 Å². The topological polar surface area (TPSA) is 72.9 Å². The van der Waals surface area contributed by atoms with Crippen molar-refractivity contribution in [2.45, 2.75) is 38.3 Å². The van der Waals surface area contributed by atoms with Crippen molar-refractivity contribution in [3.63, 3.8) is 0 Å². The van der Waals surface area contributed by atoms with Crippen molar-refractivity contribution in [2.24, 2.45) is 11.7 Å². The standard InChI is InChI=1S/C17H21BrN4O.ClH/c18-14-6-4-12(5-7-14)11-22-9-8-20-17(22)21-16(23)10-13-2-1-3-15(13)19;/h4-9,13,15H,1-3,10-11,19H2,(H,20,21,23);1H/t13-,15+;/m0./s1. The van der Waals surface area contributed by atoms with Gasteiger partial charge in [-0.05, 0) is 36.5 Å². The Kier molecular flexibility index (Phi) is 6.83. The molecule has 130 valence electrons. The molecule has 1 aliphatic rings. The van der Waals surface area contributed by atoms with Crippen molar-refractivity contribution in [1.82, 2.24) is 9.55 Å². The average Bonchev–Trinajstić information content (AvgIpc) is 3.12. The lowest BCUT2D eigenvalue weighted by atomic mass is 10.00. The van der Waals surface area contributed by atoms with Crippen LogP contribution in [-0.2, 0) is 11.3 Å². The molecule has 24 heavy (non-hydrogen) atoms.